The van der Waals surface area contributed by atoms with Crippen LogP contribution in [0, 0.1) is 6.92 Å². The van der Waals surface area contributed by atoms with Crippen LogP contribution in [0.4, 0.5) is 11.4 Å². The third kappa shape index (κ3) is 11.0. The molecule has 35 heavy (non-hydrogen) atoms. The molecule has 4 atom stereocenters. The van der Waals surface area contributed by atoms with Gasteiger partial charge in [-0.2, -0.15) is 0 Å². The van der Waals surface area contributed by atoms with Crippen LogP contribution in [-0.2, 0) is 0 Å². The second kappa shape index (κ2) is 14.4. The molecule has 0 saturated heterocycles. The summed E-state index contributed by atoms with van der Waals surface area (Å²) in [5.74, 6) is 0.806. The van der Waals surface area contributed by atoms with Gasteiger partial charge in [0.15, 0.2) is 0 Å². The van der Waals surface area contributed by atoms with Crippen LogP contribution < -0.4 is 9.64 Å². The van der Waals surface area contributed by atoms with Gasteiger partial charge >= 0.3 is 0 Å². The van der Waals surface area contributed by atoms with E-state index in [1.165, 1.54) is 5.56 Å². The molecule has 7 nitrogen and oxygen atoms in total. The standard InChI is InChI=1S/C28H45N3O4/c1-21-7-9-26(10-8-21)29(6)27-11-13-28(14-12-27)35-25(5)20-31(19-24(4)34)16-15-30(17-22(2)32)18-23(3)33/h7-14,22-25,32-34H,15-20H2,1-6H3. The van der Waals surface area contributed by atoms with Crippen LogP contribution in [0.25, 0.3) is 0 Å². The molecule has 0 aliphatic heterocycles. The Morgan fingerprint density at radius 1 is 0.657 bits per heavy atom. The van der Waals surface area contributed by atoms with Gasteiger partial charge in [0.2, 0.25) is 0 Å². The Morgan fingerprint density at radius 3 is 1.49 bits per heavy atom. The number of benzene rings is 2. The zero-order valence-corrected chi connectivity index (χ0v) is 22.3. The van der Waals surface area contributed by atoms with Crippen LogP contribution in [0.5, 0.6) is 5.75 Å². The maximum atomic E-state index is 9.99. The molecule has 2 aromatic rings. The molecular formula is C28H45N3O4. The molecule has 0 saturated carbocycles. The Morgan fingerprint density at radius 2 is 1.06 bits per heavy atom. The van der Waals surface area contributed by atoms with Gasteiger partial charge in [-0.3, -0.25) is 9.80 Å². The van der Waals surface area contributed by atoms with Crippen molar-refractivity contribution in [3.8, 4) is 5.75 Å². The van der Waals surface area contributed by atoms with E-state index in [4.69, 9.17) is 4.74 Å². The summed E-state index contributed by atoms with van der Waals surface area (Å²) in [4.78, 5) is 6.37. The summed E-state index contributed by atoms with van der Waals surface area (Å²) in [6.07, 6.45) is -1.46. The Labute approximate surface area is 211 Å². The molecule has 0 heterocycles. The van der Waals surface area contributed by atoms with Gasteiger partial charge < -0.3 is 25.0 Å². The van der Waals surface area contributed by atoms with Crippen molar-refractivity contribution >= 4 is 11.4 Å². The van der Waals surface area contributed by atoms with E-state index in [0.717, 1.165) is 17.1 Å². The Hall–Kier alpha value is -2.16. The maximum Gasteiger partial charge on any atom is 0.119 e. The molecule has 0 radical (unpaired) electrons. The van der Waals surface area contributed by atoms with Gasteiger partial charge in [-0.25, -0.2) is 0 Å². The number of ether oxygens (including phenoxy) is 1. The number of rotatable bonds is 15. The van der Waals surface area contributed by atoms with Crippen LogP contribution in [-0.4, -0.2) is 95.9 Å². The summed E-state index contributed by atoms with van der Waals surface area (Å²) in [5, 5.41) is 29.6. The van der Waals surface area contributed by atoms with E-state index < -0.39 is 18.3 Å². The highest BCUT2D eigenvalue weighted by Gasteiger charge is 2.17. The van der Waals surface area contributed by atoms with E-state index in [0.29, 0.717) is 39.3 Å². The normalized spacial score (nSPS) is 15.2. The van der Waals surface area contributed by atoms with Gasteiger partial charge in [0, 0.05) is 57.7 Å². The minimum absolute atomic E-state index is 0.0728. The van der Waals surface area contributed by atoms with Gasteiger partial charge in [0.05, 0.1) is 18.3 Å². The van der Waals surface area contributed by atoms with Crippen molar-refractivity contribution in [1.82, 2.24) is 9.80 Å². The first-order chi connectivity index (χ1) is 16.5. The second-order valence-corrected chi connectivity index (χ2v) is 9.88. The van der Waals surface area contributed by atoms with Crippen LogP contribution in [0.2, 0.25) is 0 Å². The van der Waals surface area contributed by atoms with Crippen molar-refractivity contribution in [2.24, 2.45) is 0 Å². The Balaban J connectivity index is 1.94. The summed E-state index contributed by atoms with van der Waals surface area (Å²) in [5.41, 5.74) is 3.45. The third-order valence-electron chi connectivity index (χ3n) is 5.80. The van der Waals surface area contributed by atoms with Crippen molar-refractivity contribution in [1.29, 1.82) is 0 Å². The molecule has 0 bridgehead atoms. The van der Waals surface area contributed by atoms with Crippen molar-refractivity contribution in [3.05, 3.63) is 54.1 Å². The van der Waals surface area contributed by atoms with Crippen LogP contribution in [0.1, 0.15) is 33.3 Å². The SMILES string of the molecule is Cc1ccc(N(C)c2ccc(OC(C)CN(CCN(CC(C)O)CC(C)O)CC(C)O)cc2)cc1. The molecule has 0 spiro atoms. The second-order valence-electron chi connectivity index (χ2n) is 9.88. The van der Waals surface area contributed by atoms with Gasteiger partial charge in [-0.05, 0) is 71.0 Å². The monoisotopic (exact) mass is 487 g/mol. The van der Waals surface area contributed by atoms with E-state index in [9.17, 15) is 15.3 Å². The highest BCUT2D eigenvalue weighted by atomic mass is 16.5. The molecule has 2 rings (SSSR count). The molecule has 0 aromatic heterocycles. The lowest BCUT2D eigenvalue weighted by molar-refractivity contribution is 0.0579. The number of anilines is 2. The first-order valence-electron chi connectivity index (χ1n) is 12.6. The lowest BCUT2D eigenvalue weighted by Crippen LogP contribution is -2.45. The van der Waals surface area contributed by atoms with E-state index >= 15 is 0 Å². The lowest BCUT2D eigenvalue weighted by Gasteiger charge is -2.31. The summed E-state index contributed by atoms with van der Waals surface area (Å²) in [6, 6.07) is 16.5. The fourth-order valence-corrected chi connectivity index (χ4v) is 4.22. The van der Waals surface area contributed by atoms with Crippen LogP contribution >= 0.6 is 0 Å². The predicted molar refractivity (Wildman–Crippen MR) is 144 cm³/mol. The Bertz CT molecular complexity index is 830. The zero-order valence-electron chi connectivity index (χ0n) is 22.3. The maximum absolute atomic E-state index is 9.99. The van der Waals surface area contributed by atoms with Gasteiger partial charge in [-0.15, -0.1) is 0 Å². The summed E-state index contributed by atoms with van der Waals surface area (Å²) in [7, 11) is 2.05. The fraction of sp³-hybridized carbons (Fsp3) is 0.571. The van der Waals surface area contributed by atoms with Crippen molar-refractivity contribution in [3.63, 3.8) is 0 Å². The van der Waals surface area contributed by atoms with E-state index in [1.807, 2.05) is 19.1 Å². The molecule has 0 aliphatic rings. The number of aliphatic hydroxyl groups excluding tert-OH is 3. The number of hydrogen-bond acceptors (Lipinski definition) is 7. The largest absolute Gasteiger partial charge is 0.489 e. The average Bonchev–Trinajstić information content (AvgIpc) is 2.76. The van der Waals surface area contributed by atoms with Crippen LogP contribution in [0.3, 0.4) is 0 Å². The minimum atomic E-state index is -0.464. The Kier molecular flexibility index (Phi) is 12.0. The van der Waals surface area contributed by atoms with E-state index in [1.54, 1.807) is 20.8 Å². The number of aliphatic hydroxyl groups is 3. The molecule has 0 aliphatic carbocycles. The molecule has 2 aromatic carbocycles. The van der Waals surface area contributed by atoms with Crippen molar-refractivity contribution < 1.29 is 20.1 Å². The third-order valence-corrected chi connectivity index (χ3v) is 5.80. The van der Waals surface area contributed by atoms with Crippen molar-refractivity contribution in [2.75, 3.05) is 51.2 Å². The number of nitrogens with zero attached hydrogens (tertiary/aromatic N) is 3. The molecule has 7 heteroatoms. The zero-order chi connectivity index (χ0) is 26.0. The van der Waals surface area contributed by atoms with Gasteiger partial charge in [0.1, 0.15) is 11.9 Å². The molecule has 0 fully saturated rings. The molecule has 0 amide bonds. The lowest BCUT2D eigenvalue weighted by atomic mass is 10.2. The van der Waals surface area contributed by atoms with Crippen molar-refractivity contribution in [2.45, 2.75) is 59.0 Å². The van der Waals surface area contributed by atoms with E-state index in [-0.39, 0.29) is 6.10 Å². The molecule has 4 unspecified atom stereocenters. The molecule has 3 N–H and O–H groups in total. The van der Waals surface area contributed by atoms with E-state index in [2.05, 4.69) is 65.1 Å². The summed E-state index contributed by atoms with van der Waals surface area (Å²) < 4.78 is 6.18. The van der Waals surface area contributed by atoms with Gasteiger partial charge in [-0.1, -0.05) is 17.7 Å². The molecule has 196 valence electrons. The van der Waals surface area contributed by atoms with Gasteiger partial charge in [0.25, 0.3) is 0 Å². The topological polar surface area (TPSA) is 79.6 Å². The smallest absolute Gasteiger partial charge is 0.119 e. The predicted octanol–water partition coefficient (Wildman–Crippen LogP) is 3.28. The highest BCUT2D eigenvalue weighted by molar-refractivity contribution is 5.63. The first kappa shape index (κ1) is 29.1. The molecular weight excluding hydrogens is 442 g/mol. The summed E-state index contributed by atoms with van der Waals surface area (Å²) >= 11 is 0. The highest BCUT2D eigenvalue weighted by Crippen LogP contribution is 2.26. The first-order valence-corrected chi connectivity index (χ1v) is 12.6. The minimum Gasteiger partial charge on any atom is -0.489 e. The average molecular weight is 488 g/mol. The summed E-state index contributed by atoms with van der Waals surface area (Å²) in [6.45, 7) is 13.0. The number of hydrogen-bond donors (Lipinski definition) is 3. The number of aryl methyl sites for hydroxylation is 1. The quantitative estimate of drug-likeness (QED) is 0.356. The fourth-order valence-electron chi connectivity index (χ4n) is 4.22. The van der Waals surface area contributed by atoms with Crippen LogP contribution in [0.15, 0.2) is 48.5 Å².